The Labute approximate surface area is 165 Å². The Hall–Kier alpha value is -2.94. The number of likely N-dealkylation sites (tertiary alicyclic amines) is 1. The first-order chi connectivity index (χ1) is 13.2. The monoisotopic (exact) mass is 407 g/mol. The summed E-state index contributed by atoms with van der Waals surface area (Å²) in [5.74, 6) is -2.44. The van der Waals surface area contributed by atoms with Crippen LogP contribution in [0.1, 0.15) is 19.8 Å². The van der Waals surface area contributed by atoms with Gasteiger partial charge in [0.2, 0.25) is 17.7 Å². The zero-order valence-electron chi connectivity index (χ0n) is 15.2. The van der Waals surface area contributed by atoms with E-state index in [0.29, 0.717) is 17.9 Å². The summed E-state index contributed by atoms with van der Waals surface area (Å²) in [4.78, 5) is 49.2. The Kier molecular flexibility index (Phi) is 5.37. The molecule has 0 aromatic heterocycles. The largest absolute Gasteiger partial charge is 0.490 e. The third-order valence-corrected chi connectivity index (χ3v) is 5.32. The van der Waals surface area contributed by atoms with Crippen molar-refractivity contribution in [1.82, 2.24) is 4.90 Å². The number of imide groups is 1. The number of benzene rings is 1. The van der Waals surface area contributed by atoms with E-state index in [4.69, 9.17) is 16.3 Å². The Morgan fingerprint density at radius 1 is 1.36 bits per heavy atom. The average Bonchev–Trinajstić information content (AvgIpc) is 2.90. The van der Waals surface area contributed by atoms with E-state index in [1.807, 2.05) is 0 Å². The minimum atomic E-state index is -1.04. The highest BCUT2D eigenvalue weighted by Gasteiger charge is 2.51. The van der Waals surface area contributed by atoms with Crippen molar-refractivity contribution >= 4 is 40.7 Å². The van der Waals surface area contributed by atoms with Crippen LogP contribution in [0.4, 0.5) is 11.4 Å². The van der Waals surface area contributed by atoms with Crippen LogP contribution in [-0.2, 0) is 14.4 Å². The van der Waals surface area contributed by atoms with Crippen LogP contribution < -0.4 is 10.1 Å². The minimum absolute atomic E-state index is 0.0180. The predicted molar refractivity (Wildman–Crippen MR) is 99.7 cm³/mol. The second kappa shape index (κ2) is 7.59. The highest BCUT2D eigenvalue weighted by molar-refractivity contribution is 6.30. The summed E-state index contributed by atoms with van der Waals surface area (Å²) in [5.41, 5.74) is 0.00687. The van der Waals surface area contributed by atoms with Gasteiger partial charge in [0.05, 0.1) is 23.9 Å². The molecule has 0 spiro atoms. The van der Waals surface area contributed by atoms with Gasteiger partial charge in [-0.1, -0.05) is 17.7 Å². The first-order valence-corrected chi connectivity index (χ1v) is 8.97. The molecule has 1 aromatic rings. The molecule has 9 nitrogen and oxygen atoms in total. The standard InChI is InChI=1S/C18H18ClN3O6/c1-9(21-17(24)12-5-3-10(19)7-13(12)18(21)25)16(23)20-11-4-6-14(22(26)27)15(8-11)28-2/h3-4,6,8-9,12-13H,5,7H2,1-2H3,(H,20,23)/t9-,12-,13-/m0/s1. The number of halogens is 1. The Morgan fingerprint density at radius 3 is 2.68 bits per heavy atom. The van der Waals surface area contributed by atoms with Gasteiger partial charge in [0.15, 0.2) is 5.75 Å². The van der Waals surface area contributed by atoms with Crippen LogP contribution in [0.15, 0.2) is 29.3 Å². The highest BCUT2D eigenvalue weighted by Crippen LogP contribution is 2.39. The molecule has 2 aliphatic rings. The molecule has 3 amide bonds. The van der Waals surface area contributed by atoms with E-state index in [1.165, 1.54) is 32.2 Å². The van der Waals surface area contributed by atoms with Crippen molar-refractivity contribution in [3.63, 3.8) is 0 Å². The van der Waals surface area contributed by atoms with Crippen LogP contribution in [-0.4, -0.2) is 40.7 Å². The zero-order valence-corrected chi connectivity index (χ0v) is 15.9. The number of carbonyl (C=O) groups is 3. The molecule has 3 rings (SSSR count). The number of nitro benzene ring substituents is 1. The van der Waals surface area contributed by atoms with Crippen molar-refractivity contribution in [2.24, 2.45) is 11.8 Å². The average molecular weight is 408 g/mol. The Balaban J connectivity index is 1.76. The van der Waals surface area contributed by atoms with Crippen LogP contribution in [0.25, 0.3) is 0 Å². The van der Waals surface area contributed by atoms with E-state index in [-0.39, 0.29) is 23.0 Å². The van der Waals surface area contributed by atoms with E-state index in [9.17, 15) is 24.5 Å². The van der Waals surface area contributed by atoms with Gasteiger partial charge in [0.25, 0.3) is 0 Å². The molecule has 1 aromatic carbocycles. The van der Waals surface area contributed by atoms with Gasteiger partial charge in [0, 0.05) is 22.9 Å². The lowest BCUT2D eigenvalue weighted by Gasteiger charge is -2.22. The number of fused-ring (bicyclic) bond motifs is 1. The van der Waals surface area contributed by atoms with Crippen LogP contribution in [0, 0.1) is 22.0 Å². The lowest BCUT2D eigenvalue weighted by molar-refractivity contribution is -0.385. The van der Waals surface area contributed by atoms with Crippen LogP contribution in [0.3, 0.4) is 0 Å². The molecule has 1 heterocycles. The van der Waals surface area contributed by atoms with Gasteiger partial charge in [-0.05, 0) is 25.8 Å². The zero-order chi connectivity index (χ0) is 20.6. The summed E-state index contributed by atoms with van der Waals surface area (Å²) in [5, 5.41) is 14.1. The van der Waals surface area contributed by atoms with Crippen LogP contribution in [0.5, 0.6) is 5.75 Å². The van der Waals surface area contributed by atoms with E-state index in [0.717, 1.165) is 4.90 Å². The quantitative estimate of drug-likeness (QED) is 0.455. The normalized spacial score (nSPS) is 22.4. The number of nitrogens with zero attached hydrogens (tertiary/aromatic N) is 2. The maximum atomic E-state index is 12.7. The van der Waals surface area contributed by atoms with Gasteiger partial charge in [-0.25, -0.2) is 0 Å². The number of ether oxygens (including phenoxy) is 1. The summed E-state index contributed by atoms with van der Waals surface area (Å²) in [7, 11) is 1.28. The molecule has 0 bridgehead atoms. The molecule has 0 saturated carbocycles. The smallest absolute Gasteiger partial charge is 0.311 e. The van der Waals surface area contributed by atoms with E-state index < -0.39 is 34.6 Å². The first kappa shape index (κ1) is 19.8. The molecule has 3 atom stereocenters. The topological polar surface area (TPSA) is 119 Å². The van der Waals surface area contributed by atoms with Crippen molar-refractivity contribution in [1.29, 1.82) is 0 Å². The molecule has 0 unspecified atom stereocenters. The lowest BCUT2D eigenvalue weighted by Crippen LogP contribution is -2.46. The van der Waals surface area contributed by atoms with Crippen molar-refractivity contribution < 1.29 is 24.0 Å². The molecule has 28 heavy (non-hydrogen) atoms. The van der Waals surface area contributed by atoms with E-state index in [1.54, 1.807) is 6.08 Å². The van der Waals surface area contributed by atoms with E-state index >= 15 is 0 Å². The first-order valence-electron chi connectivity index (χ1n) is 8.59. The number of nitro groups is 1. The Morgan fingerprint density at radius 2 is 2.04 bits per heavy atom. The number of hydrogen-bond acceptors (Lipinski definition) is 6. The van der Waals surface area contributed by atoms with E-state index in [2.05, 4.69) is 5.32 Å². The number of anilines is 1. The molecular formula is C18H18ClN3O6. The van der Waals surface area contributed by atoms with Gasteiger partial charge >= 0.3 is 5.69 Å². The molecule has 0 radical (unpaired) electrons. The number of carbonyl (C=O) groups excluding carboxylic acids is 3. The highest BCUT2D eigenvalue weighted by atomic mass is 35.5. The minimum Gasteiger partial charge on any atom is -0.490 e. The van der Waals surface area contributed by atoms with Crippen LogP contribution >= 0.6 is 11.6 Å². The van der Waals surface area contributed by atoms with Gasteiger partial charge in [-0.2, -0.15) is 0 Å². The second-order valence-corrected chi connectivity index (χ2v) is 7.14. The maximum absolute atomic E-state index is 12.7. The predicted octanol–water partition coefficient (Wildman–Crippen LogP) is 2.45. The van der Waals surface area contributed by atoms with Crippen molar-refractivity contribution in [3.8, 4) is 5.75 Å². The summed E-state index contributed by atoms with van der Waals surface area (Å²) < 4.78 is 4.97. The molecular weight excluding hydrogens is 390 g/mol. The fraction of sp³-hybridized carbons (Fsp3) is 0.389. The summed E-state index contributed by atoms with van der Waals surface area (Å²) in [6.45, 7) is 1.46. The van der Waals surface area contributed by atoms with Crippen molar-refractivity contribution in [2.75, 3.05) is 12.4 Å². The molecule has 1 fully saturated rings. The summed E-state index contributed by atoms with van der Waals surface area (Å²) in [6, 6.07) is 2.82. The van der Waals surface area contributed by atoms with Gasteiger partial charge in [-0.15, -0.1) is 0 Å². The number of nitrogens with one attached hydrogen (secondary N) is 1. The molecule has 1 saturated heterocycles. The van der Waals surface area contributed by atoms with Crippen molar-refractivity contribution in [2.45, 2.75) is 25.8 Å². The van der Waals surface area contributed by atoms with Gasteiger partial charge in [0.1, 0.15) is 6.04 Å². The Bertz CT molecular complexity index is 899. The number of methoxy groups -OCH3 is 1. The fourth-order valence-electron chi connectivity index (χ4n) is 3.50. The molecule has 1 aliphatic heterocycles. The number of hydrogen-bond donors (Lipinski definition) is 1. The molecule has 148 valence electrons. The lowest BCUT2D eigenvalue weighted by atomic mass is 9.85. The molecule has 10 heteroatoms. The summed E-state index contributed by atoms with van der Waals surface area (Å²) >= 11 is 6.00. The molecule has 1 N–H and O–H groups in total. The number of allylic oxidation sites excluding steroid dienone is 2. The molecule has 1 aliphatic carbocycles. The van der Waals surface area contributed by atoms with Crippen molar-refractivity contribution in [3.05, 3.63) is 39.4 Å². The summed E-state index contributed by atoms with van der Waals surface area (Å²) in [6.07, 6.45) is 2.39. The fourth-order valence-corrected chi connectivity index (χ4v) is 3.76. The second-order valence-electron chi connectivity index (χ2n) is 6.66. The number of amides is 3. The van der Waals surface area contributed by atoms with Gasteiger partial charge < -0.3 is 10.1 Å². The maximum Gasteiger partial charge on any atom is 0.311 e. The third-order valence-electron chi connectivity index (χ3n) is 5.01. The van der Waals surface area contributed by atoms with Gasteiger partial charge in [-0.3, -0.25) is 29.4 Å². The van der Waals surface area contributed by atoms with Crippen LogP contribution in [0.2, 0.25) is 0 Å². The number of rotatable bonds is 5. The third kappa shape index (κ3) is 3.45. The SMILES string of the molecule is COc1cc(NC(=O)[C@H](C)N2C(=O)[C@H]3CC=C(Cl)C[C@@H]3C2=O)ccc1[N+](=O)[O-].